The molecule has 1 aromatic carbocycles. The van der Waals surface area contributed by atoms with Gasteiger partial charge in [-0.15, -0.1) is 0 Å². The maximum atomic E-state index is 11.8. The van der Waals surface area contributed by atoms with Crippen molar-refractivity contribution in [2.75, 3.05) is 0 Å². The van der Waals surface area contributed by atoms with Crippen molar-refractivity contribution in [1.82, 2.24) is 0 Å². The number of Topliss-reactive ketones (excluding diaryl/α,β-unsaturated/α-hetero) is 1. The molecule has 0 fully saturated rings. The Morgan fingerprint density at radius 1 is 1.31 bits per heavy atom. The minimum Gasteiger partial charge on any atom is -0.508 e. The second kappa shape index (κ2) is 4.69. The average Bonchev–Trinajstić information content (AvgIpc) is 2.16. The van der Waals surface area contributed by atoms with Gasteiger partial charge < -0.3 is 5.11 Å². The molecule has 0 aromatic heterocycles. The summed E-state index contributed by atoms with van der Waals surface area (Å²) in [7, 11) is 0. The summed E-state index contributed by atoms with van der Waals surface area (Å²) < 4.78 is 0. The van der Waals surface area contributed by atoms with Crippen LogP contribution in [0.3, 0.4) is 0 Å². The molecule has 88 valence electrons. The molecule has 0 unspecified atom stereocenters. The molecular formula is C14H20O2. The Labute approximate surface area is 97.3 Å². The number of ketones is 1. The molecule has 0 saturated carbocycles. The summed E-state index contributed by atoms with van der Waals surface area (Å²) in [6, 6.07) is 5.12. The first-order chi connectivity index (χ1) is 7.36. The molecule has 1 aromatic rings. The van der Waals surface area contributed by atoms with Gasteiger partial charge in [-0.05, 0) is 35.6 Å². The number of phenols is 1. The van der Waals surface area contributed by atoms with Crippen LogP contribution in [0.2, 0.25) is 0 Å². The van der Waals surface area contributed by atoms with E-state index in [0.29, 0.717) is 12.0 Å². The summed E-state index contributed by atoms with van der Waals surface area (Å²) in [5, 5.41) is 9.77. The maximum Gasteiger partial charge on any atom is 0.162 e. The molecule has 0 heterocycles. The number of hydrogen-bond donors (Lipinski definition) is 1. The lowest BCUT2D eigenvalue weighted by Crippen LogP contribution is -2.12. The van der Waals surface area contributed by atoms with E-state index in [2.05, 4.69) is 0 Å². The van der Waals surface area contributed by atoms with Gasteiger partial charge in [-0.25, -0.2) is 0 Å². The molecule has 0 aliphatic heterocycles. The number of carbonyl (C=O) groups excluding carboxylic acids is 1. The van der Waals surface area contributed by atoms with Crippen molar-refractivity contribution in [2.45, 2.75) is 46.0 Å². The molecule has 0 atom stereocenters. The van der Waals surface area contributed by atoms with Crippen LogP contribution >= 0.6 is 0 Å². The Morgan fingerprint density at radius 2 is 1.94 bits per heavy atom. The van der Waals surface area contributed by atoms with E-state index in [-0.39, 0.29) is 16.9 Å². The summed E-state index contributed by atoms with van der Waals surface area (Å²) in [5.41, 5.74) is 1.38. The van der Waals surface area contributed by atoms with Crippen molar-refractivity contribution in [1.29, 1.82) is 0 Å². The minimum absolute atomic E-state index is 0.146. The minimum atomic E-state index is -0.146. The molecule has 0 saturated heterocycles. The van der Waals surface area contributed by atoms with E-state index in [4.69, 9.17) is 0 Å². The lowest BCUT2D eigenvalue weighted by molar-refractivity contribution is 0.0981. The van der Waals surface area contributed by atoms with Gasteiger partial charge in [-0.3, -0.25) is 4.79 Å². The molecule has 1 N–H and O–H groups in total. The molecule has 0 spiro atoms. The van der Waals surface area contributed by atoms with Crippen LogP contribution in [0.25, 0.3) is 0 Å². The van der Waals surface area contributed by atoms with Crippen LogP contribution < -0.4 is 0 Å². The number of benzene rings is 1. The van der Waals surface area contributed by atoms with Crippen molar-refractivity contribution < 1.29 is 9.90 Å². The fraction of sp³-hybridized carbons (Fsp3) is 0.500. The lowest BCUT2D eigenvalue weighted by atomic mass is 9.85. The fourth-order valence-electron chi connectivity index (χ4n) is 1.68. The molecular weight excluding hydrogens is 200 g/mol. The predicted octanol–water partition coefficient (Wildman–Crippen LogP) is 3.67. The number of hydrogen-bond acceptors (Lipinski definition) is 2. The van der Waals surface area contributed by atoms with Gasteiger partial charge in [-0.1, -0.05) is 27.7 Å². The highest BCUT2D eigenvalue weighted by Crippen LogP contribution is 2.31. The number of aromatic hydroxyl groups is 1. The predicted molar refractivity (Wildman–Crippen MR) is 66.0 cm³/mol. The Bertz CT molecular complexity index is 386. The maximum absolute atomic E-state index is 11.8. The first-order valence-electron chi connectivity index (χ1n) is 5.73. The molecule has 16 heavy (non-hydrogen) atoms. The molecule has 2 heteroatoms. The number of phenolic OH excluding ortho intramolecular Hbond substituents is 1. The monoisotopic (exact) mass is 220 g/mol. The molecule has 0 aliphatic rings. The van der Waals surface area contributed by atoms with Gasteiger partial charge in [0.15, 0.2) is 5.78 Å². The van der Waals surface area contributed by atoms with Gasteiger partial charge in [0.1, 0.15) is 5.75 Å². The van der Waals surface area contributed by atoms with Crippen molar-refractivity contribution >= 4 is 5.78 Å². The first-order valence-corrected chi connectivity index (χ1v) is 5.73. The molecule has 1 rings (SSSR count). The summed E-state index contributed by atoms with van der Waals surface area (Å²) in [6.45, 7) is 8.06. The fourth-order valence-corrected chi connectivity index (χ4v) is 1.68. The van der Waals surface area contributed by atoms with Crippen LogP contribution in [-0.4, -0.2) is 10.9 Å². The normalized spacial score (nSPS) is 11.5. The average molecular weight is 220 g/mol. The van der Waals surface area contributed by atoms with Crippen LogP contribution in [-0.2, 0) is 5.41 Å². The summed E-state index contributed by atoms with van der Waals surface area (Å²) >= 11 is 0. The molecule has 2 nitrogen and oxygen atoms in total. The third-order valence-corrected chi connectivity index (χ3v) is 2.60. The van der Waals surface area contributed by atoms with Crippen molar-refractivity contribution in [2.24, 2.45) is 0 Å². The zero-order chi connectivity index (χ0) is 12.3. The third-order valence-electron chi connectivity index (χ3n) is 2.60. The zero-order valence-corrected chi connectivity index (χ0v) is 10.5. The van der Waals surface area contributed by atoms with Gasteiger partial charge in [0, 0.05) is 12.0 Å². The van der Waals surface area contributed by atoms with E-state index in [1.807, 2.05) is 33.8 Å². The van der Waals surface area contributed by atoms with Gasteiger partial charge >= 0.3 is 0 Å². The molecule has 0 radical (unpaired) electrons. The van der Waals surface area contributed by atoms with E-state index >= 15 is 0 Å². The number of rotatable bonds is 3. The highest BCUT2D eigenvalue weighted by molar-refractivity contribution is 5.96. The van der Waals surface area contributed by atoms with Crippen molar-refractivity contribution in [3.05, 3.63) is 29.3 Å². The second-order valence-corrected chi connectivity index (χ2v) is 5.16. The lowest BCUT2D eigenvalue weighted by Gasteiger charge is -2.21. The van der Waals surface area contributed by atoms with Crippen LogP contribution in [0.5, 0.6) is 5.75 Å². The van der Waals surface area contributed by atoms with E-state index in [0.717, 1.165) is 12.0 Å². The van der Waals surface area contributed by atoms with Crippen LogP contribution in [0.1, 0.15) is 56.5 Å². The summed E-state index contributed by atoms with van der Waals surface area (Å²) in [4.78, 5) is 11.8. The van der Waals surface area contributed by atoms with Crippen LogP contribution in [0.15, 0.2) is 18.2 Å². The van der Waals surface area contributed by atoms with E-state index in [9.17, 15) is 9.90 Å². The Morgan fingerprint density at radius 3 is 2.44 bits per heavy atom. The van der Waals surface area contributed by atoms with Crippen LogP contribution in [0.4, 0.5) is 0 Å². The van der Waals surface area contributed by atoms with Gasteiger partial charge in [0.05, 0.1) is 0 Å². The Balaban J connectivity index is 3.13. The standard InChI is InChI=1S/C14H20O2/c1-5-6-12(15)10-7-8-13(16)11(9-10)14(2,3)4/h7-9,16H,5-6H2,1-4H3. The van der Waals surface area contributed by atoms with Crippen molar-refractivity contribution in [3.63, 3.8) is 0 Å². The second-order valence-electron chi connectivity index (χ2n) is 5.16. The van der Waals surface area contributed by atoms with Gasteiger partial charge in [0.2, 0.25) is 0 Å². The topological polar surface area (TPSA) is 37.3 Å². The van der Waals surface area contributed by atoms with E-state index in [1.165, 1.54) is 0 Å². The third kappa shape index (κ3) is 2.84. The van der Waals surface area contributed by atoms with Gasteiger partial charge in [-0.2, -0.15) is 0 Å². The molecule has 0 bridgehead atoms. The van der Waals surface area contributed by atoms with Crippen molar-refractivity contribution in [3.8, 4) is 5.75 Å². The summed E-state index contributed by atoms with van der Waals surface area (Å²) in [5.74, 6) is 0.411. The van der Waals surface area contributed by atoms with Gasteiger partial charge in [0.25, 0.3) is 0 Å². The summed E-state index contributed by atoms with van der Waals surface area (Å²) in [6.07, 6.45) is 1.42. The SMILES string of the molecule is CCCC(=O)c1ccc(O)c(C(C)(C)C)c1. The highest BCUT2D eigenvalue weighted by Gasteiger charge is 2.19. The Kier molecular flexibility index (Phi) is 3.74. The zero-order valence-electron chi connectivity index (χ0n) is 10.5. The molecule has 0 amide bonds. The Hall–Kier alpha value is -1.31. The van der Waals surface area contributed by atoms with E-state index < -0.39 is 0 Å². The quantitative estimate of drug-likeness (QED) is 0.789. The number of carbonyl (C=O) groups is 1. The van der Waals surface area contributed by atoms with Crippen LogP contribution in [0, 0.1) is 0 Å². The van der Waals surface area contributed by atoms with E-state index in [1.54, 1.807) is 12.1 Å². The highest BCUT2D eigenvalue weighted by atomic mass is 16.3. The largest absolute Gasteiger partial charge is 0.508 e. The first kappa shape index (κ1) is 12.8. The molecule has 0 aliphatic carbocycles. The smallest absolute Gasteiger partial charge is 0.162 e.